The zero-order valence-corrected chi connectivity index (χ0v) is 9.78. The van der Waals surface area contributed by atoms with E-state index >= 15 is 0 Å². The van der Waals surface area contributed by atoms with Gasteiger partial charge in [0.2, 0.25) is 0 Å². The lowest BCUT2D eigenvalue weighted by Crippen LogP contribution is -1.95. The molecule has 0 fully saturated rings. The zero-order chi connectivity index (χ0) is 12.8. The number of benzene rings is 2. The summed E-state index contributed by atoms with van der Waals surface area (Å²) in [5.74, 6) is 1.47. The molecule has 1 unspecified atom stereocenters. The standard InChI is InChI=1S/C15H13NO2/c16-11-10-15(17)12-6-8-14(9-7-12)18-13-4-2-1-3-5-13/h1-9,15,17H,10H2. The highest BCUT2D eigenvalue weighted by molar-refractivity contribution is 5.33. The minimum absolute atomic E-state index is 0.0961. The van der Waals surface area contributed by atoms with Crippen molar-refractivity contribution in [1.82, 2.24) is 0 Å². The molecule has 2 aromatic rings. The fraction of sp³-hybridized carbons (Fsp3) is 0.133. The average molecular weight is 239 g/mol. The molecule has 3 heteroatoms. The maximum absolute atomic E-state index is 9.64. The molecular weight excluding hydrogens is 226 g/mol. The first-order valence-electron chi connectivity index (χ1n) is 5.67. The van der Waals surface area contributed by atoms with Gasteiger partial charge in [-0.3, -0.25) is 0 Å². The molecule has 90 valence electrons. The Morgan fingerprint density at radius 1 is 1.00 bits per heavy atom. The van der Waals surface area contributed by atoms with Crippen LogP contribution in [0.2, 0.25) is 0 Å². The number of ether oxygens (including phenoxy) is 1. The van der Waals surface area contributed by atoms with Crippen molar-refractivity contribution in [2.75, 3.05) is 0 Å². The van der Waals surface area contributed by atoms with Gasteiger partial charge in [-0.1, -0.05) is 30.3 Å². The molecule has 0 radical (unpaired) electrons. The quantitative estimate of drug-likeness (QED) is 0.889. The Morgan fingerprint density at radius 3 is 2.22 bits per heavy atom. The highest BCUT2D eigenvalue weighted by Gasteiger charge is 2.06. The molecule has 18 heavy (non-hydrogen) atoms. The summed E-state index contributed by atoms with van der Waals surface area (Å²) >= 11 is 0. The monoisotopic (exact) mass is 239 g/mol. The van der Waals surface area contributed by atoms with Crippen LogP contribution in [0.5, 0.6) is 11.5 Å². The third-order valence-electron chi connectivity index (χ3n) is 2.53. The molecule has 3 nitrogen and oxygen atoms in total. The topological polar surface area (TPSA) is 53.2 Å². The number of hydrogen-bond donors (Lipinski definition) is 1. The highest BCUT2D eigenvalue weighted by atomic mass is 16.5. The Balaban J connectivity index is 2.07. The molecule has 0 heterocycles. The molecule has 0 saturated carbocycles. The second-order valence-corrected chi connectivity index (χ2v) is 3.86. The van der Waals surface area contributed by atoms with Gasteiger partial charge in [0.15, 0.2) is 0 Å². The van der Waals surface area contributed by atoms with Crippen molar-refractivity contribution in [2.45, 2.75) is 12.5 Å². The third-order valence-corrected chi connectivity index (χ3v) is 2.53. The number of nitriles is 1. The molecule has 0 amide bonds. The van der Waals surface area contributed by atoms with Gasteiger partial charge in [0.25, 0.3) is 0 Å². The van der Waals surface area contributed by atoms with Crippen molar-refractivity contribution >= 4 is 0 Å². The number of aliphatic hydroxyl groups excluding tert-OH is 1. The first kappa shape index (κ1) is 12.2. The fourth-order valence-electron chi connectivity index (χ4n) is 1.59. The summed E-state index contributed by atoms with van der Waals surface area (Å²) in [5, 5.41) is 18.2. The van der Waals surface area contributed by atoms with Crippen LogP contribution in [0.15, 0.2) is 54.6 Å². The van der Waals surface area contributed by atoms with E-state index in [0.717, 1.165) is 11.3 Å². The zero-order valence-electron chi connectivity index (χ0n) is 9.78. The Kier molecular flexibility index (Phi) is 3.95. The molecule has 0 aliphatic carbocycles. The maximum atomic E-state index is 9.64. The second-order valence-electron chi connectivity index (χ2n) is 3.86. The molecule has 1 atom stereocenters. The van der Waals surface area contributed by atoms with E-state index in [2.05, 4.69) is 0 Å². The summed E-state index contributed by atoms with van der Waals surface area (Å²) in [6.45, 7) is 0. The Hall–Kier alpha value is -2.31. The second kappa shape index (κ2) is 5.85. The third kappa shape index (κ3) is 3.09. The van der Waals surface area contributed by atoms with Crippen LogP contribution in [0, 0.1) is 11.3 Å². The molecule has 0 saturated heterocycles. The number of para-hydroxylation sites is 1. The van der Waals surface area contributed by atoms with Crippen LogP contribution in [-0.4, -0.2) is 5.11 Å². The average Bonchev–Trinajstić information content (AvgIpc) is 2.41. The molecule has 0 aliphatic heterocycles. The summed E-state index contributed by atoms with van der Waals surface area (Å²) in [5.41, 5.74) is 0.719. The van der Waals surface area contributed by atoms with Gasteiger partial charge >= 0.3 is 0 Å². The van der Waals surface area contributed by atoms with Crippen molar-refractivity contribution in [2.24, 2.45) is 0 Å². The first-order chi connectivity index (χ1) is 8.79. The van der Waals surface area contributed by atoms with Crippen LogP contribution in [0.1, 0.15) is 18.1 Å². The summed E-state index contributed by atoms with van der Waals surface area (Å²) in [4.78, 5) is 0. The summed E-state index contributed by atoms with van der Waals surface area (Å²) in [6.07, 6.45) is -0.639. The molecule has 0 aromatic heterocycles. The Bertz CT molecular complexity index is 529. The molecular formula is C15H13NO2. The number of aliphatic hydroxyl groups is 1. The van der Waals surface area contributed by atoms with Crippen LogP contribution in [-0.2, 0) is 0 Å². The van der Waals surface area contributed by atoms with Gasteiger partial charge in [-0.15, -0.1) is 0 Å². The van der Waals surface area contributed by atoms with Crippen molar-refractivity contribution in [3.05, 3.63) is 60.2 Å². The number of hydrogen-bond acceptors (Lipinski definition) is 3. The van der Waals surface area contributed by atoms with E-state index in [1.807, 2.05) is 36.4 Å². The van der Waals surface area contributed by atoms with Crippen molar-refractivity contribution in [3.63, 3.8) is 0 Å². The molecule has 1 N–H and O–H groups in total. The van der Waals surface area contributed by atoms with E-state index < -0.39 is 6.10 Å². The minimum atomic E-state index is -0.735. The molecule has 0 bridgehead atoms. The maximum Gasteiger partial charge on any atom is 0.127 e. The largest absolute Gasteiger partial charge is 0.457 e. The smallest absolute Gasteiger partial charge is 0.127 e. The Labute approximate surface area is 106 Å². The molecule has 0 aliphatic rings. The van der Waals surface area contributed by atoms with E-state index in [9.17, 15) is 5.11 Å². The molecule has 2 rings (SSSR count). The van der Waals surface area contributed by atoms with Gasteiger partial charge in [0.05, 0.1) is 18.6 Å². The fourth-order valence-corrected chi connectivity index (χ4v) is 1.59. The lowest BCUT2D eigenvalue weighted by atomic mass is 10.1. The van der Waals surface area contributed by atoms with Crippen molar-refractivity contribution in [1.29, 1.82) is 5.26 Å². The lowest BCUT2D eigenvalue weighted by molar-refractivity contribution is 0.183. The highest BCUT2D eigenvalue weighted by Crippen LogP contribution is 2.23. The normalized spacial score (nSPS) is 11.6. The number of nitrogens with zero attached hydrogens (tertiary/aromatic N) is 1. The van der Waals surface area contributed by atoms with E-state index in [4.69, 9.17) is 10.00 Å². The van der Waals surface area contributed by atoms with Crippen molar-refractivity contribution in [3.8, 4) is 17.6 Å². The minimum Gasteiger partial charge on any atom is -0.457 e. The first-order valence-corrected chi connectivity index (χ1v) is 5.67. The predicted molar refractivity (Wildman–Crippen MR) is 68.1 cm³/mol. The van der Waals surface area contributed by atoms with E-state index in [1.165, 1.54) is 0 Å². The van der Waals surface area contributed by atoms with E-state index in [0.29, 0.717) is 5.75 Å². The summed E-state index contributed by atoms with van der Waals surface area (Å²) < 4.78 is 5.63. The summed E-state index contributed by atoms with van der Waals surface area (Å²) in [7, 11) is 0. The number of rotatable bonds is 4. The van der Waals surface area contributed by atoms with E-state index in [1.54, 1.807) is 24.3 Å². The van der Waals surface area contributed by atoms with Gasteiger partial charge in [0, 0.05) is 0 Å². The van der Waals surface area contributed by atoms with Gasteiger partial charge in [0.1, 0.15) is 11.5 Å². The van der Waals surface area contributed by atoms with Crippen molar-refractivity contribution < 1.29 is 9.84 Å². The van der Waals surface area contributed by atoms with Crippen LogP contribution in [0.3, 0.4) is 0 Å². The SMILES string of the molecule is N#CCC(O)c1ccc(Oc2ccccc2)cc1. The van der Waals surface area contributed by atoms with Crippen LogP contribution >= 0.6 is 0 Å². The molecule has 2 aromatic carbocycles. The van der Waals surface area contributed by atoms with Crippen LogP contribution in [0.4, 0.5) is 0 Å². The van der Waals surface area contributed by atoms with Gasteiger partial charge in [-0.05, 0) is 29.8 Å². The molecule has 0 spiro atoms. The van der Waals surface area contributed by atoms with Gasteiger partial charge in [-0.25, -0.2) is 0 Å². The van der Waals surface area contributed by atoms with Gasteiger partial charge < -0.3 is 9.84 Å². The summed E-state index contributed by atoms with van der Waals surface area (Å²) in [6, 6.07) is 18.5. The van der Waals surface area contributed by atoms with Crippen LogP contribution in [0.25, 0.3) is 0 Å². The lowest BCUT2D eigenvalue weighted by Gasteiger charge is -2.09. The predicted octanol–water partition coefficient (Wildman–Crippen LogP) is 3.43. The Morgan fingerprint density at radius 2 is 1.61 bits per heavy atom. The van der Waals surface area contributed by atoms with Crippen LogP contribution < -0.4 is 4.74 Å². The van der Waals surface area contributed by atoms with Gasteiger partial charge in [-0.2, -0.15) is 5.26 Å². The van der Waals surface area contributed by atoms with E-state index in [-0.39, 0.29) is 6.42 Å².